The molecule has 32 heavy (non-hydrogen) atoms. The Morgan fingerprint density at radius 1 is 1.06 bits per heavy atom. The summed E-state index contributed by atoms with van der Waals surface area (Å²) >= 11 is 0. The Hall–Kier alpha value is -3.28. The summed E-state index contributed by atoms with van der Waals surface area (Å²) in [5, 5.41) is 5.83. The third-order valence-corrected chi connectivity index (χ3v) is 5.42. The molecule has 0 spiro atoms. The third-order valence-electron chi connectivity index (χ3n) is 5.42. The fraction of sp³-hybridized carbons (Fsp3) is 0.385. The van der Waals surface area contributed by atoms with E-state index in [9.17, 15) is 4.79 Å². The van der Waals surface area contributed by atoms with Gasteiger partial charge in [0.1, 0.15) is 5.75 Å². The highest BCUT2D eigenvalue weighted by Crippen LogP contribution is 2.28. The second-order valence-corrected chi connectivity index (χ2v) is 7.84. The van der Waals surface area contributed by atoms with Gasteiger partial charge in [-0.05, 0) is 37.8 Å². The van der Waals surface area contributed by atoms with Crippen LogP contribution in [0.2, 0.25) is 0 Å². The first kappa shape index (κ1) is 23.4. The van der Waals surface area contributed by atoms with Crippen molar-refractivity contribution in [3.63, 3.8) is 0 Å². The standard InChI is InChI=1S/C26H34N4O2/c1-4-6-16-27-26(31)29-24-20(3)12-10-15-23(24)32-18-11-17-30-19-28-25(22(30)5-2)21-13-8-7-9-14-21/h7-10,12-15,19H,4-6,11,16-18H2,1-3H3,(H2,27,29,31). The number of rotatable bonds is 11. The van der Waals surface area contributed by atoms with Crippen molar-refractivity contribution < 1.29 is 9.53 Å². The van der Waals surface area contributed by atoms with E-state index in [4.69, 9.17) is 4.74 Å². The first-order valence-electron chi connectivity index (χ1n) is 11.5. The maximum Gasteiger partial charge on any atom is 0.319 e. The van der Waals surface area contributed by atoms with Crippen LogP contribution in [0.15, 0.2) is 54.9 Å². The van der Waals surface area contributed by atoms with Crippen LogP contribution in [-0.2, 0) is 13.0 Å². The van der Waals surface area contributed by atoms with Gasteiger partial charge in [-0.15, -0.1) is 0 Å². The topological polar surface area (TPSA) is 68.2 Å². The molecule has 0 unspecified atom stereocenters. The van der Waals surface area contributed by atoms with Gasteiger partial charge in [-0.25, -0.2) is 9.78 Å². The quantitative estimate of drug-likeness (QED) is 0.374. The average Bonchev–Trinajstić information content (AvgIpc) is 3.22. The van der Waals surface area contributed by atoms with E-state index in [-0.39, 0.29) is 6.03 Å². The number of unbranched alkanes of at least 4 members (excludes halogenated alkanes) is 1. The first-order valence-corrected chi connectivity index (χ1v) is 11.5. The molecule has 2 N–H and O–H groups in total. The number of imidazole rings is 1. The van der Waals surface area contributed by atoms with Crippen LogP contribution in [0, 0.1) is 6.92 Å². The molecule has 0 saturated carbocycles. The van der Waals surface area contributed by atoms with Gasteiger partial charge >= 0.3 is 6.03 Å². The average molecular weight is 435 g/mol. The van der Waals surface area contributed by atoms with Crippen molar-refractivity contribution in [2.75, 3.05) is 18.5 Å². The fourth-order valence-corrected chi connectivity index (χ4v) is 3.68. The zero-order chi connectivity index (χ0) is 22.8. The van der Waals surface area contributed by atoms with Crippen LogP contribution in [0.1, 0.15) is 44.4 Å². The van der Waals surface area contributed by atoms with Gasteiger partial charge in [-0.1, -0.05) is 62.7 Å². The van der Waals surface area contributed by atoms with Gasteiger partial charge in [0, 0.05) is 24.3 Å². The smallest absolute Gasteiger partial charge is 0.319 e. The maximum atomic E-state index is 12.2. The number of benzene rings is 2. The molecule has 1 heterocycles. The van der Waals surface area contributed by atoms with Crippen LogP contribution in [0.3, 0.4) is 0 Å². The monoisotopic (exact) mass is 434 g/mol. The number of anilines is 1. The van der Waals surface area contributed by atoms with Gasteiger partial charge in [-0.3, -0.25) is 0 Å². The molecule has 0 aliphatic carbocycles. The third kappa shape index (κ3) is 6.13. The van der Waals surface area contributed by atoms with Gasteiger partial charge in [0.15, 0.2) is 0 Å². The molecule has 6 nitrogen and oxygen atoms in total. The molecule has 0 bridgehead atoms. The lowest BCUT2D eigenvalue weighted by Crippen LogP contribution is -2.30. The summed E-state index contributed by atoms with van der Waals surface area (Å²) in [5.74, 6) is 0.696. The summed E-state index contributed by atoms with van der Waals surface area (Å²) in [6.45, 7) is 8.28. The lowest BCUT2D eigenvalue weighted by molar-refractivity contribution is 0.251. The van der Waals surface area contributed by atoms with E-state index in [0.29, 0.717) is 18.9 Å². The molecule has 2 aromatic carbocycles. The number of aromatic nitrogens is 2. The summed E-state index contributed by atoms with van der Waals surface area (Å²) < 4.78 is 8.27. The molecule has 0 atom stereocenters. The van der Waals surface area contributed by atoms with Gasteiger partial charge in [0.05, 0.1) is 24.3 Å². The Bertz CT molecular complexity index is 998. The van der Waals surface area contributed by atoms with Crippen molar-refractivity contribution >= 4 is 11.7 Å². The number of hydrogen-bond donors (Lipinski definition) is 2. The second-order valence-electron chi connectivity index (χ2n) is 7.84. The normalized spacial score (nSPS) is 10.7. The maximum absolute atomic E-state index is 12.2. The Balaban J connectivity index is 1.58. The number of urea groups is 1. The summed E-state index contributed by atoms with van der Waals surface area (Å²) in [6, 6.07) is 15.9. The molecule has 170 valence electrons. The molecular formula is C26H34N4O2. The Kier molecular flexibility index (Phi) is 8.72. The number of ether oxygens (including phenoxy) is 1. The van der Waals surface area contributed by atoms with Crippen molar-refractivity contribution in [1.29, 1.82) is 0 Å². The number of carbonyl (C=O) groups excluding carboxylic acids is 1. The SMILES string of the molecule is CCCCNC(=O)Nc1c(C)cccc1OCCCn1cnc(-c2ccccc2)c1CC. The van der Waals surface area contributed by atoms with Crippen LogP contribution in [0.5, 0.6) is 5.75 Å². The number of carbonyl (C=O) groups is 1. The molecule has 3 rings (SSSR count). The molecule has 0 aliphatic heterocycles. The van der Waals surface area contributed by atoms with E-state index in [2.05, 4.69) is 46.2 Å². The van der Waals surface area contributed by atoms with Crippen LogP contribution >= 0.6 is 0 Å². The van der Waals surface area contributed by atoms with Crippen molar-refractivity contribution in [2.45, 2.75) is 53.0 Å². The molecule has 0 fully saturated rings. The summed E-state index contributed by atoms with van der Waals surface area (Å²) in [7, 11) is 0. The first-order chi connectivity index (χ1) is 15.6. The van der Waals surface area contributed by atoms with E-state index in [1.165, 1.54) is 5.69 Å². The molecule has 3 aromatic rings. The van der Waals surface area contributed by atoms with Gasteiger partial charge in [0.2, 0.25) is 0 Å². The number of nitrogens with one attached hydrogen (secondary N) is 2. The van der Waals surface area contributed by atoms with Crippen LogP contribution in [0.4, 0.5) is 10.5 Å². The summed E-state index contributed by atoms with van der Waals surface area (Å²) in [6.07, 6.45) is 5.69. The minimum atomic E-state index is -0.197. The van der Waals surface area contributed by atoms with E-state index in [1.54, 1.807) is 0 Å². The minimum absolute atomic E-state index is 0.197. The van der Waals surface area contributed by atoms with Crippen molar-refractivity contribution in [1.82, 2.24) is 14.9 Å². The number of amides is 2. The lowest BCUT2D eigenvalue weighted by atomic mass is 10.1. The molecule has 0 radical (unpaired) electrons. The zero-order valence-corrected chi connectivity index (χ0v) is 19.4. The van der Waals surface area contributed by atoms with Crippen molar-refractivity contribution in [3.05, 3.63) is 66.1 Å². The van der Waals surface area contributed by atoms with Crippen LogP contribution < -0.4 is 15.4 Å². The van der Waals surface area contributed by atoms with E-state index in [1.807, 2.05) is 49.6 Å². The molecule has 0 saturated heterocycles. The van der Waals surface area contributed by atoms with Crippen molar-refractivity contribution in [3.8, 4) is 17.0 Å². The Morgan fingerprint density at radius 2 is 1.88 bits per heavy atom. The predicted molar refractivity (Wildman–Crippen MR) is 130 cm³/mol. The predicted octanol–water partition coefficient (Wildman–Crippen LogP) is 5.81. The zero-order valence-electron chi connectivity index (χ0n) is 19.4. The summed E-state index contributed by atoms with van der Waals surface area (Å²) in [5.41, 5.74) is 5.13. The van der Waals surface area contributed by atoms with Crippen molar-refractivity contribution in [2.24, 2.45) is 0 Å². The van der Waals surface area contributed by atoms with Crippen LogP contribution in [0.25, 0.3) is 11.3 Å². The second kappa shape index (κ2) is 11.9. The van der Waals surface area contributed by atoms with Crippen LogP contribution in [-0.4, -0.2) is 28.7 Å². The highest BCUT2D eigenvalue weighted by molar-refractivity contribution is 5.91. The Morgan fingerprint density at radius 3 is 2.62 bits per heavy atom. The van der Waals surface area contributed by atoms with Gasteiger partial charge in [0.25, 0.3) is 0 Å². The number of para-hydroxylation sites is 1. The number of nitrogens with zero attached hydrogens (tertiary/aromatic N) is 2. The highest BCUT2D eigenvalue weighted by Gasteiger charge is 2.12. The van der Waals surface area contributed by atoms with Gasteiger partial charge in [-0.2, -0.15) is 0 Å². The van der Waals surface area contributed by atoms with E-state index in [0.717, 1.165) is 54.7 Å². The molecule has 0 aliphatic rings. The molecule has 1 aromatic heterocycles. The molecule has 2 amide bonds. The summed E-state index contributed by atoms with van der Waals surface area (Å²) in [4.78, 5) is 16.9. The molecular weight excluding hydrogens is 400 g/mol. The minimum Gasteiger partial charge on any atom is -0.491 e. The number of hydrogen-bond acceptors (Lipinski definition) is 3. The largest absolute Gasteiger partial charge is 0.491 e. The fourth-order valence-electron chi connectivity index (χ4n) is 3.68. The van der Waals surface area contributed by atoms with E-state index < -0.39 is 0 Å². The molecule has 6 heteroatoms. The Labute approximate surface area is 191 Å². The number of aryl methyl sites for hydroxylation is 2. The van der Waals surface area contributed by atoms with Gasteiger partial charge < -0.3 is 19.9 Å². The highest BCUT2D eigenvalue weighted by atomic mass is 16.5. The van der Waals surface area contributed by atoms with E-state index >= 15 is 0 Å². The lowest BCUT2D eigenvalue weighted by Gasteiger charge is -2.16.